The Hall–Kier alpha value is -1.48. The molecule has 0 amide bonds. The molecule has 4 atom stereocenters. The molecular weight excluding hydrogens is 244 g/mol. The normalized spacial score (nSPS) is 32.4. The quantitative estimate of drug-likeness (QED) is 0.386. The first-order valence-electron chi connectivity index (χ1n) is 5.45. The van der Waals surface area contributed by atoms with E-state index in [0.29, 0.717) is 0 Å². The molecule has 1 aromatic rings. The molecule has 8 heteroatoms. The number of H-pyrrole nitrogens is 2. The number of aliphatic hydroxyl groups is 3. The third kappa shape index (κ3) is 2.51. The van der Waals surface area contributed by atoms with Crippen molar-refractivity contribution in [2.45, 2.75) is 30.8 Å². The van der Waals surface area contributed by atoms with Gasteiger partial charge in [0.2, 0.25) is 0 Å². The monoisotopic (exact) mass is 258 g/mol. The highest BCUT2D eigenvalue weighted by molar-refractivity contribution is 5.06. The van der Waals surface area contributed by atoms with Gasteiger partial charge in [0, 0.05) is 18.2 Å². The zero-order chi connectivity index (χ0) is 13.3. The van der Waals surface area contributed by atoms with Crippen molar-refractivity contribution in [1.29, 1.82) is 0 Å². The fourth-order valence-corrected chi connectivity index (χ4v) is 1.85. The van der Waals surface area contributed by atoms with Crippen molar-refractivity contribution < 1.29 is 20.1 Å². The summed E-state index contributed by atoms with van der Waals surface area (Å²) in [5.74, 6) is 0. The van der Waals surface area contributed by atoms with Crippen LogP contribution in [0.3, 0.4) is 0 Å². The lowest BCUT2D eigenvalue weighted by Gasteiger charge is -2.35. The Morgan fingerprint density at radius 2 is 2.00 bits per heavy atom. The van der Waals surface area contributed by atoms with Crippen molar-refractivity contribution in [2.75, 3.05) is 6.61 Å². The van der Waals surface area contributed by atoms with Crippen LogP contribution in [0.2, 0.25) is 0 Å². The highest BCUT2D eigenvalue weighted by Gasteiger charge is 2.37. The summed E-state index contributed by atoms with van der Waals surface area (Å²) in [6, 6.07) is 0. The summed E-state index contributed by atoms with van der Waals surface area (Å²) < 4.78 is 5.16. The van der Waals surface area contributed by atoms with E-state index in [1.165, 1.54) is 6.20 Å². The molecule has 1 saturated heterocycles. The van der Waals surface area contributed by atoms with E-state index in [9.17, 15) is 24.9 Å². The van der Waals surface area contributed by atoms with Gasteiger partial charge in [-0.15, -0.1) is 0 Å². The standard InChI is InChI=1S/C10H14N2O6/c13-5-3-18-6(8(15)7(5)14)1-4-2-11-10(17)12-9(4)16/h2,5-8,13-15H,1,3H2,(H2,11,12,16,17)/t5-,6?,7+,8+/m1/s1. The van der Waals surface area contributed by atoms with Crippen LogP contribution in [-0.2, 0) is 11.2 Å². The molecule has 1 unspecified atom stereocenters. The minimum Gasteiger partial charge on any atom is -0.388 e. The van der Waals surface area contributed by atoms with Gasteiger partial charge in [-0.1, -0.05) is 0 Å². The molecule has 0 aromatic carbocycles. The number of hydrogen-bond donors (Lipinski definition) is 5. The summed E-state index contributed by atoms with van der Waals surface area (Å²) in [4.78, 5) is 26.6. The molecule has 2 heterocycles. The molecule has 1 aliphatic rings. The molecule has 0 aliphatic carbocycles. The van der Waals surface area contributed by atoms with Crippen LogP contribution in [0.1, 0.15) is 5.56 Å². The Morgan fingerprint density at radius 3 is 2.67 bits per heavy atom. The Labute approximate surface area is 101 Å². The molecule has 1 fully saturated rings. The number of aliphatic hydroxyl groups excluding tert-OH is 3. The molecule has 1 aromatic heterocycles. The van der Waals surface area contributed by atoms with Gasteiger partial charge >= 0.3 is 5.69 Å². The Morgan fingerprint density at radius 1 is 1.28 bits per heavy atom. The van der Waals surface area contributed by atoms with Crippen molar-refractivity contribution in [3.8, 4) is 0 Å². The highest BCUT2D eigenvalue weighted by atomic mass is 16.5. The minimum absolute atomic E-state index is 0.0249. The summed E-state index contributed by atoms with van der Waals surface area (Å²) >= 11 is 0. The summed E-state index contributed by atoms with van der Waals surface area (Å²) in [6.07, 6.45) is -3.31. The van der Waals surface area contributed by atoms with Crippen LogP contribution in [0, 0.1) is 0 Å². The van der Waals surface area contributed by atoms with Gasteiger partial charge in [0.1, 0.15) is 18.3 Å². The van der Waals surface area contributed by atoms with E-state index >= 15 is 0 Å². The van der Waals surface area contributed by atoms with Crippen molar-refractivity contribution in [3.05, 3.63) is 32.6 Å². The average molecular weight is 258 g/mol. The fourth-order valence-electron chi connectivity index (χ4n) is 1.85. The van der Waals surface area contributed by atoms with Crippen LogP contribution in [0.25, 0.3) is 0 Å². The van der Waals surface area contributed by atoms with E-state index in [0.717, 1.165) is 0 Å². The van der Waals surface area contributed by atoms with Gasteiger partial charge in [-0.3, -0.25) is 9.78 Å². The predicted octanol–water partition coefficient (Wildman–Crippen LogP) is -2.91. The van der Waals surface area contributed by atoms with Crippen LogP contribution in [0.15, 0.2) is 15.8 Å². The molecule has 100 valence electrons. The van der Waals surface area contributed by atoms with Crippen LogP contribution in [0.4, 0.5) is 0 Å². The van der Waals surface area contributed by atoms with E-state index in [4.69, 9.17) is 4.74 Å². The molecule has 2 rings (SSSR count). The second-order valence-electron chi connectivity index (χ2n) is 4.22. The largest absolute Gasteiger partial charge is 0.388 e. The molecule has 0 radical (unpaired) electrons. The molecule has 0 saturated carbocycles. The van der Waals surface area contributed by atoms with Gasteiger partial charge in [0.05, 0.1) is 12.7 Å². The first kappa shape index (κ1) is 13.0. The zero-order valence-corrected chi connectivity index (χ0v) is 9.37. The van der Waals surface area contributed by atoms with Gasteiger partial charge in [0.15, 0.2) is 0 Å². The maximum absolute atomic E-state index is 11.4. The first-order chi connectivity index (χ1) is 8.49. The Balaban J connectivity index is 2.14. The summed E-state index contributed by atoms with van der Waals surface area (Å²) in [7, 11) is 0. The summed E-state index contributed by atoms with van der Waals surface area (Å²) in [6.45, 7) is -0.121. The first-order valence-corrected chi connectivity index (χ1v) is 5.45. The van der Waals surface area contributed by atoms with E-state index < -0.39 is 35.7 Å². The smallest absolute Gasteiger partial charge is 0.325 e. The Kier molecular flexibility index (Phi) is 3.62. The third-order valence-electron chi connectivity index (χ3n) is 2.92. The maximum atomic E-state index is 11.4. The van der Waals surface area contributed by atoms with Crippen molar-refractivity contribution in [1.82, 2.24) is 9.97 Å². The second-order valence-corrected chi connectivity index (χ2v) is 4.22. The Bertz CT molecular complexity index is 524. The van der Waals surface area contributed by atoms with Crippen molar-refractivity contribution >= 4 is 0 Å². The van der Waals surface area contributed by atoms with Crippen LogP contribution in [0.5, 0.6) is 0 Å². The second kappa shape index (κ2) is 5.02. The molecular formula is C10H14N2O6. The van der Waals surface area contributed by atoms with E-state index in [1.54, 1.807) is 0 Å². The number of ether oxygens (including phenoxy) is 1. The number of aromatic amines is 2. The number of hydrogen-bond acceptors (Lipinski definition) is 6. The molecule has 5 N–H and O–H groups in total. The summed E-state index contributed by atoms with van der Waals surface area (Å²) in [5.41, 5.74) is -0.971. The van der Waals surface area contributed by atoms with E-state index in [2.05, 4.69) is 4.98 Å². The topological polar surface area (TPSA) is 136 Å². The van der Waals surface area contributed by atoms with Gasteiger partial charge in [-0.05, 0) is 0 Å². The highest BCUT2D eigenvalue weighted by Crippen LogP contribution is 2.17. The van der Waals surface area contributed by atoms with Crippen LogP contribution in [-0.4, -0.2) is 56.3 Å². The van der Waals surface area contributed by atoms with Gasteiger partial charge < -0.3 is 25.0 Å². The third-order valence-corrected chi connectivity index (χ3v) is 2.92. The number of aromatic nitrogens is 2. The van der Waals surface area contributed by atoms with E-state index in [-0.39, 0.29) is 18.6 Å². The number of nitrogens with one attached hydrogen (secondary N) is 2. The van der Waals surface area contributed by atoms with Crippen molar-refractivity contribution in [2.24, 2.45) is 0 Å². The molecule has 0 bridgehead atoms. The molecule has 18 heavy (non-hydrogen) atoms. The van der Waals surface area contributed by atoms with Crippen LogP contribution < -0.4 is 11.2 Å². The zero-order valence-electron chi connectivity index (χ0n) is 9.37. The molecule has 0 spiro atoms. The van der Waals surface area contributed by atoms with Gasteiger partial charge in [0.25, 0.3) is 5.56 Å². The van der Waals surface area contributed by atoms with Gasteiger partial charge in [-0.2, -0.15) is 0 Å². The lowest BCUT2D eigenvalue weighted by molar-refractivity contribution is -0.186. The van der Waals surface area contributed by atoms with Gasteiger partial charge in [-0.25, -0.2) is 4.79 Å². The number of rotatable bonds is 2. The molecule has 1 aliphatic heterocycles. The van der Waals surface area contributed by atoms with Crippen molar-refractivity contribution in [3.63, 3.8) is 0 Å². The lowest BCUT2D eigenvalue weighted by atomic mass is 9.96. The lowest BCUT2D eigenvalue weighted by Crippen LogP contribution is -2.53. The summed E-state index contributed by atoms with van der Waals surface area (Å²) in [5, 5.41) is 28.5. The SMILES string of the molecule is O=c1[nH]cc(CC2OC[C@@H](O)[C@H](O)[C@H]2O)c(=O)[nH]1. The molecule has 8 nitrogen and oxygen atoms in total. The fraction of sp³-hybridized carbons (Fsp3) is 0.600. The average Bonchev–Trinajstić information content (AvgIpc) is 2.33. The predicted molar refractivity (Wildman–Crippen MR) is 59.1 cm³/mol. The van der Waals surface area contributed by atoms with E-state index in [1.807, 2.05) is 4.98 Å². The van der Waals surface area contributed by atoms with Crippen LogP contribution >= 0.6 is 0 Å². The maximum Gasteiger partial charge on any atom is 0.325 e. The minimum atomic E-state index is -1.31.